The molecule has 0 amide bonds. The van der Waals surface area contributed by atoms with Gasteiger partial charge in [0.2, 0.25) is 0 Å². The van der Waals surface area contributed by atoms with Crippen molar-refractivity contribution in [1.82, 2.24) is 0 Å². The van der Waals surface area contributed by atoms with E-state index in [0.29, 0.717) is 0 Å². The van der Waals surface area contributed by atoms with Crippen molar-refractivity contribution < 1.29 is 13.2 Å². The van der Waals surface area contributed by atoms with Crippen molar-refractivity contribution in [2.24, 2.45) is 0 Å². The van der Waals surface area contributed by atoms with E-state index in [1.807, 2.05) is 0 Å². The maximum absolute atomic E-state index is 11.8. The van der Waals surface area contributed by atoms with Crippen LogP contribution in [0, 0.1) is 0 Å². The molecule has 0 saturated heterocycles. The Balaban J connectivity index is 3.46. The highest BCUT2D eigenvalue weighted by atomic mass is 127. The van der Waals surface area contributed by atoms with Gasteiger partial charge in [0.15, 0.2) is 4.18 Å². The summed E-state index contributed by atoms with van der Waals surface area (Å²) in [5.74, 6) is 0. The summed E-state index contributed by atoms with van der Waals surface area (Å²) in [7, 11) is 0. The third kappa shape index (κ3) is 3.31. The molecule has 0 aliphatic heterocycles. The van der Waals surface area contributed by atoms with Gasteiger partial charge < -0.3 is 0 Å². The normalized spacial score (nSPS) is 18.8. The number of rotatable bonds is 2. The number of hydrogen-bond donors (Lipinski definition) is 0. The number of halogens is 5. The Bertz CT molecular complexity index is 57.5. The molecule has 0 rings (SSSR count). The van der Waals surface area contributed by atoms with Gasteiger partial charge in [-0.2, -0.15) is 0 Å². The largest absolute Gasteiger partial charge is 0.253 e. The quantitative estimate of drug-likeness (QED) is 0.531. The van der Waals surface area contributed by atoms with Crippen LogP contribution in [0.25, 0.3) is 0 Å². The molecule has 0 aromatic heterocycles. The monoisotopic (exact) mass is 350 g/mol. The number of alkyl halides is 5. The van der Waals surface area contributed by atoms with Gasteiger partial charge in [0.05, 0.1) is 0 Å². The average molecular weight is 350 g/mol. The van der Waals surface area contributed by atoms with Crippen LogP contribution in [-0.4, -0.2) is 14.5 Å². The third-order valence-corrected chi connectivity index (χ3v) is 3.81. The second-order valence-electron chi connectivity index (χ2n) is 1.11. The minimum absolute atomic E-state index is 1.17. The lowest BCUT2D eigenvalue weighted by Gasteiger charge is -2.05. The first-order valence-corrected chi connectivity index (χ1v) is 4.25. The van der Waals surface area contributed by atoms with Crippen molar-refractivity contribution in [2.75, 3.05) is 0 Å². The molecule has 0 spiro atoms. The van der Waals surface area contributed by atoms with Crippen LogP contribution in [0.5, 0.6) is 0 Å². The second kappa shape index (κ2) is 4.13. The van der Waals surface area contributed by atoms with Gasteiger partial charge in [0, 0.05) is 0 Å². The summed E-state index contributed by atoms with van der Waals surface area (Å²) in [6.45, 7) is 0. The molecule has 0 saturated carbocycles. The van der Waals surface area contributed by atoms with Gasteiger partial charge in [-0.1, -0.05) is 22.6 Å². The highest BCUT2D eigenvalue weighted by molar-refractivity contribution is 14.1. The Morgan fingerprint density at radius 2 is 1.38 bits per heavy atom. The van der Waals surface area contributed by atoms with E-state index in [1.54, 1.807) is 0 Å². The molecule has 0 radical (unpaired) electrons. The lowest BCUT2D eigenvalue weighted by molar-refractivity contribution is 0.137. The molecule has 0 aromatic rings. The van der Waals surface area contributed by atoms with Crippen molar-refractivity contribution in [3.05, 3.63) is 0 Å². The van der Waals surface area contributed by atoms with E-state index in [2.05, 4.69) is 0 Å². The van der Waals surface area contributed by atoms with Crippen molar-refractivity contribution in [2.45, 2.75) is 14.5 Å². The van der Waals surface area contributed by atoms with Crippen molar-refractivity contribution in [1.29, 1.82) is 0 Å². The summed E-state index contributed by atoms with van der Waals surface area (Å²) in [5.41, 5.74) is 0. The van der Waals surface area contributed by atoms with E-state index in [4.69, 9.17) is 0 Å². The minimum Gasteiger partial charge on any atom is -0.235 e. The third-order valence-electron chi connectivity index (χ3n) is 0.481. The molecule has 0 aromatic carbocycles. The van der Waals surface area contributed by atoms with Crippen LogP contribution in [0.15, 0.2) is 0 Å². The molecule has 0 nitrogen and oxygen atoms in total. The minimum atomic E-state index is -2.55. The smallest absolute Gasteiger partial charge is 0.235 e. The topological polar surface area (TPSA) is 0 Å². The molecule has 0 bridgehead atoms. The fraction of sp³-hybridized carbons (Fsp3) is 1.00. The fourth-order valence-corrected chi connectivity index (χ4v) is 0.424. The van der Waals surface area contributed by atoms with Crippen molar-refractivity contribution in [3.63, 3.8) is 0 Å². The molecular formula is C3H3F3I2. The zero-order chi connectivity index (χ0) is 6.73. The summed E-state index contributed by atoms with van der Waals surface area (Å²) in [5, 5.41) is 0. The molecule has 0 aliphatic rings. The summed E-state index contributed by atoms with van der Waals surface area (Å²) < 4.78 is 32.1. The molecular weight excluding hydrogens is 347 g/mol. The van der Waals surface area contributed by atoms with E-state index < -0.39 is 14.5 Å². The standard InChI is InChI=1S/C3H3F3I2/c4-2(5)1(7)3(6)8/h1-3H. The van der Waals surface area contributed by atoms with Crippen molar-refractivity contribution in [3.8, 4) is 0 Å². The molecule has 5 heteroatoms. The van der Waals surface area contributed by atoms with Gasteiger partial charge in [-0.3, -0.25) is 0 Å². The molecule has 0 heterocycles. The van der Waals surface area contributed by atoms with Gasteiger partial charge in [-0.05, 0) is 22.6 Å². The maximum atomic E-state index is 11.8. The molecule has 2 atom stereocenters. The predicted octanol–water partition coefficient (Wildman–Crippen LogP) is 2.79. The van der Waals surface area contributed by atoms with Crippen LogP contribution in [0.3, 0.4) is 0 Å². The Kier molecular flexibility index (Phi) is 4.77. The lowest BCUT2D eigenvalue weighted by Crippen LogP contribution is -2.17. The van der Waals surface area contributed by atoms with Crippen LogP contribution >= 0.6 is 45.2 Å². The first-order valence-electron chi connectivity index (χ1n) is 1.76. The van der Waals surface area contributed by atoms with Crippen molar-refractivity contribution >= 4 is 45.2 Å². The maximum Gasteiger partial charge on any atom is 0.253 e. The lowest BCUT2D eigenvalue weighted by atomic mass is 10.5. The van der Waals surface area contributed by atoms with E-state index in [9.17, 15) is 13.2 Å². The van der Waals surface area contributed by atoms with Gasteiger partial charge in [0.25, 0.3) is 6.43 Å². The van der Waals surface area contributed by atoms with Crippen LogP contribution in [-0.2, 0) is 0 Å². The summed E-state index contributed by atoms with van der Waals surface area (Å²) in [6, 6.07) is 0. The molecule has 0 N–H and O–H groups in total. The second-order valence-corrected chi connectivity index (χ2v) is 3.74. The van der Waals surface area contributed by atoms with Gasteiger partial charge >= 0.3 is 0 Å². The molecule has 0 aliphatic carbocycles. The molecule has 2 unspecified atom stereocenters. The van der Waals surface area contributed by atoms with E-state index in [-0.39, 0.29) is 0 Å². The highest BCUT2D eigenvalue weighted by Crippen LogP contribution is 2.22. The number of hydrogen-bond acceptors (Lipinski definition) is 0. The van der Waals surface area contributed by atoms with Crippen LogP contribution in [0.4, 0.5) is 13.2 Å². The summed E-state index contributed by atoms with van der Waals surface area (Å²) >= 11 is 2.72. The predicted molar refractivity (Wildman–Crippen MR) is 42.7 cm³/mol. The first-order chi connectivity index (χ1) is 3.55. The van der Waals surface area contributed by atoms with Gasteiger partial charge in [0.1, 0.15) is 3.92 Å². The SMILES string of the molecule is FC(F)C(I)C(F)I. The van der Waals surface area contributed by atoms with E-state index in [1.165, 1.54) is 45.2 Å². The Morgan fingerprint density at radius 1 is 1.00 bits per heavy atom. The Hall–Kier alpha value is 1.25. The fourth-order valence-electron chi connectivity index (χ4n) is 0.110. The zero-order valence-electron chi connectivity index (χ0n) is 3.62. The van der Waals surface area contributed by atoms with Gasteiger partial charge in [-0.15, -0.1) is 0 Å². The molecule has 8 heavy (non-hydrogen) atoms. The van der Waals surface area contributed by atoms with Crippen LogP contribution in [0.2, 0.25) is 0 Å². The highest BCUT2D eigenvalue weighted by Gasteiger charge is 2.23. The molecule has 50 valence electrons. The van der Waals surface area contributed by atoms with Crippen LogP contribution in [0.1, 0.15) is 0 Å². The van der Waals surface area contributed by atoms with E-state index in [0.717, 1.165) is 0 Å². The first kappa shape index (κ1) is 9.25. The average Bonchev–Trinajstić information content (AvgIpc) is 1.64. The Morgan fingerprint density at radius 3 is 1.38 bits per heavy atom. The summed E-state index contributed by atoms with van der Waals surface area (Å²) in [6.07, 6.45) is -2.55. The van der Waals surface area contributed by atoms with Gasteiger partial charge in [-0.25, -0.2) is 13.2 Å². The zero-order valence-corrected chi connectivity index (χ0v) is 7.94. The van der Waals surface area contributed by atoms with E-state index >= 15 is 0 Å². The molecule has 0 fully saturated rings. The summed E-state index contributed by atoms with van der Waals surface area (Å²) in [4.78, 5) is 0. The Labute approximate surface area is 72.5 Å². The van der Waals surface area contributed by atoms with Crippen LogP contribution < -0.4 is 0 Å².